The van der Waals surface area contributed by atoms with Crippen molar-refractivity contribution in [2.24, 2.45) is 5.10 Å². The number of hydrogen-bond acceptors (Lipinski definition) is 5. The summed E-state index contributed by atoms with van der Waals surface area (Å²) in [6, 6.07) is 0.561. The molecule has 1 aromatic rings. The van der Waals surface area contributed by atoms with Crippen LogP contribution in [0, 0.1) is 0 Å². The number of anilines is 1. The molecule has 0 saturated heterocycles. The van der Waals surface area contributed by atoms with Gasteiger partial charge in [-0.05, 0) is 12.8 Å². The van der Waals surface area contributed by atoms with E-state index >= 15 is 0 Å². The minimum Gasteiger partial charge on any atom is -0.367 e. The molecule has 90 valence electrons. The summed E-state index contributed by atoms with van der Waals surface area (Å²) in [4.78, 5) is 8.61. The first kappa shape index (κ1) is 10.5. The molecule has 0 aromatic carbocycles. The number of aromatic nitrogens is 2. The van der Waals surface area contributed by atoms with Crippen LogP contribution in [-0.4, -0.2) is 22.2 Å². The predicted molar refractivity (Wildman–Crippen MR) is 67.0 cm³/mol. The van der Waals surface area contributed by atoms with Crippen molar-refractivity contribution in [3.8, 4) is 0 Å². The number of rotatable bonds is 2. The summed E-state index contributed by atoms with van der Waals surface area (Å²) in [6.07, 6.45) is 9.93. The summed E-state index contributed by atoms with van der Waals surface area (Å²) in [7, 11) is 0. The van der Waals surface area contributed by atoms with Crippen LogP contribution in [0.4, 0.5) is 5.82 Å². The fraction of sp³-hybridized carbons (Fsp3) is 0.583. The molecule has 0 radical (unpaired) electrons. The third kappa shape index (κ3) is 2.23. The second-order valence-electron chi connectivity index (χ2n) is 4.66. The molecule has 0 spiro atoms. The summed E-state index contributed by atoms with van der Waals surface area (Å²) in [5.74, 6) is 0.937. The molecule has 0 amide bonds. The largest absolute Gasteiger partial charge is 0.367 e. The molecule has 2 heterocycles. The molecule has 0 atom stereocenters. The zero-order valence-corrected chi connectivity index (χ0v) is 9.82. The molecule has 1 saturated carbocycles. The van der Waals surface area contributed by atoms with E-state index in [1.165, 1.54) is 32.1 Å². The SMILES string of the molecule is C1=NNCc2ncnc(NC3CCCCC3)c21. The first-order valence-electron chi connectivity index (χ1n) is 6.30. The van der Waals surface area contributed by atoms with Gasteiger partial charge in [-0.3, -0.25) is 0 Å². The summed E-state index contributed by atoms with van der Waals surface area (Å²) in [6.45, 7) is 0.688. The molecule has 5 heteroatoms. The van der Waals surface area contributed by atoms with E-state index in [0.717, 1.165) is 17.1 Å². The smallest absolute Gasteiger partial charge is 0.138 e. The number of hydrogen-bond donors (Lipinski definition) is 2. The molecule has 2 aliphatic rings. The van der Waals surface area contributed by atoms with Gasteiger partial charge in [0.25, 0.3) is 0 Å². The van der Waals surface area contributed by atoms with E-state index in [0.29, 0.717) is 12.6 Å². The lowest BCUT2D eigenvalue weighted by Gasteiger charge is -2.24. The first-order valence-corrected chi connectivity index (χ1v) is 6.30. The van der Waals surface area contributed by atoms with Gasteiger partial charge in [-0.1, -0.05) is 19.3 Å². The van der Waals surface area contributed by atoms with Crippen LogP contribution in [0.5, 0.6) is 0 Å². The molecule has 2 N–H and O–H groups in total. The monoisotopic (exact) mass is 231 g/mol. The van der Waals surface area contributed by atoms with Crippen molar-refractivity contribution in [1.29, 1.82) is 0 Å². The Morgan fingerprint density at radius 1 is 1.18 bits per heavy atom. The zero-order chi connectivity index (χ0) is 11.5. The number of nitrogens with zero attached hydrogens (tertiary/aromatic N) is 3. The van der Waals surface area contributed by atoms with Gasteiger partial charge in [-0.2, -0.15) is 5.10 Å². The Hall–Kier alpha value is -1.65. The average molecular weight is 231 g/mol. The highest BCUT2D eigenvalue weighted by molar-refractivity contribution is 5.88. The molecule has 5 nitrogen and oxygen atoms in total. The lowest BCUT2D eigenvalue weighted by Crippen LogP contribution is -2.25. The van der Waals surface area contributed by atoms with Crippen LogP contribution in [0.2, 0.25) is 0 Å². The van der Waals surface area contributed by atoms with Crippen molar-refractivity contribution in [3.63, 3.8) is 0 Å². The Labute approximate surface area is 101 Å². The molecular weight excluding hydrogens is 214 g/mol. The van der Waals surface area contributed by atoms with Crippen molar-refractivity contribution < 1.29 is 0 Å². The molecule has 0 unspecified atom stereocenters. The highest BCUT2D eigenvalue weighted by atomic mass is 15.3. The van der Waals surface area contributed by atoms with Crippen LogP contribution in [0.3, 0.4) is 0 Å². The Bertz CT molecular complexity index is 423. The molecule has 1 aliphatic carbocycles. The summed E-state index contributed by atoms with van der Waals surface area (Å²) < 4.78 is 0. The van der Waals surface area contributed by atoms with E-state index in [2.05, 4.69) is 25.8 Å². The highest BCUT2D eigenvalue weighted by Crippen LogP contribution is 2.23. The quantitative estimate of drug-likeness (QED) is 0.812. The topological polar surface area (TPSA) is 62.2 Å². The van der Waals surface area contributed by atoms with Crippen LogP contribution < -0.4 is 10.7 Å². The fourth-order valence-corrected chi connectivity index (χ4v) is 2.49. The Morgan fingerprint density at radius 3 is 2.94 bits per heavy atom. The van der Waals surface area contributed by atoms with Crippen molar-refractivity contribution in [1.82, 2.24) is 15.4 Å². The standard InChI is InChI=1S/C12H17N5/c1-2-4-9(5-3-1)17-12-10-6-15-16-7-11(10)13-8-14-12/h6,8-9,16H,1-5,7H2,(H,13,14,17). The minimum absolute atomic E-state index is 0.561. The fourth-order valence-electron chi connectivity index (χ4n) is 2.49. The highest BCUT2D eigenvalue weighted by Gasteiger charge is 2.17. The molecule has 1 aromatic heterocycles. The molecule has 17 heavy (non-hydrogen) atoms. The lowest BCUT2D eigenvalue weighted by atomic mass is 9.95. The van der Waals surface area contributed by atoms with E-state index in [4.69, 9.17) is 0 Å². The molecular formula is C12H17N5. The first-order chi connectivity index (χ1) is 8.43. The van der Waals surface area contributed by atoms with E-state index in [1.807, 2.05) is 6.21 Å². The molecule has 3 rings (SSSR count). The molecule has 0 bridgehead atoms. The van der Waals surface area contributed by atoms with Crippen LogP contribution in [-0.2, 0) is 6.54 Å². The van der Waals surface area contributed by atoms with Gasteiger partial charge >= 0.3 is 0 Å². The Morgan fingerprint density at radius 2 is 2.06 bits per heavy atom. The Balaban J connectivity index is 1.81. The van der Waals surface area contributed by atoms with Crippen LogP contribution in [0.1, 0.15) is 43.4 Å². The van der Waals surface area contributed by atoms with Crippen molar-refractivity contribution in [3.05, 3.63) is 17.6 Å². The average Bonchev–Trinajstić information content (AvgIpc) is 2.40. The maximum atomic E-state index is 4.34. The van der Waals surface area contributed by atoms with Crippen molar-refractivity contribution >= 4 is 12.0 Å². The summed E-state index contributed by atoms with van der Waals surface area (Å²) >= 11 is 0. The normalized spacial score (nSPS) is 19.5. The van der Waals surface area contributed by atoms with Crippen LogP contribution >= 0.6 is 0 Å². The van der Waals surface area contributed by atoms with Crippen molar-refractivity contribution in [2.75, 3.05) is 5.32 Å². The second-order valence-corrected chi connectivity index (χ2v) is 4.66. The third-order valence-electron chi connectivity index (χ3n) is 3.44. The number of hydrazone groups is 1. The van der Waals surface area contributed by atoms with Gasteiger partial charge in [0.05, 0.1) is 24.0 Å². The lowest BCUT2D eigenvalue weighted by molar-refractivity contribution is 0.461. The van der Waals surface area contributed by atoms with E-state index in [-0.39, 0.29) is 0 Å². The number of nitrogens with one attached hydrogen (secondary N) is 2. The summed E-state index contributed by atoms with van der Waals surface area (Å²) in [5, 5.41) is 7.62. The summed E-state index contributed by atoms with van der Waals surface area (Å²) in [5.41, 5.74) is 4.98. The maximum absolute atomic E-state index is 4.34. The van der Waals surface area contributed by atoms with Gasteiger partial charge < -0.3 is 10.7 Å². The van der Waals surface area contributed by atoms with E-state index in [9.17, 15) is 0 Å². The van der Waals surface area contributed by atoms with E-state index < -0.39 is 0 Å². The minimum atomic E-state index is 0.561. The maximum Gasteiger partial charge on any atom is 0.138 e. The van der Waals surface area contributed by atoms with Crippen LogP contribution in [0.15, 0.2) is 11.4 Å². The van der Waals surface area contributed by atoms with Gasteiger partial charge in [0.1, 0.15) is 12.1 Å². The van der Waals surface area contributed by atoms with Crippen LogP contribution in [0.25, 0.3) is 0 Å². The van der Waals surface area contributed by atoms with Gasteiger partial charge in [0, 0.05) is 6.04 Å². The Kier molecular flexibility index (Phi) is 2.90. The predicted octanol–water partition coefficient (Wildman–Crippen LogP) is 1.66. The van der Waals surface area contributed by atoms with Crippen molar-refractivity contribution in [2.45, 2.75) is 44.7 Å². The molecule has 1 aliphatic heterocycles. The van der Waals surface area contributed by atoms with E-state index in [1.54, 1.807) is 6.33 Å². The third-order valence-corrected chi connectivity index (χ3v) is 3.44. The van der Waals surface area contributed by atoms with Gasteiger partial charge in [0.2, 0.25) is 0 Å². The number of fused-ring (bicyclic) bond motifs is 1. The zero-order valence-electron chi connectivity index (χ0n) is 9.82. The van der Waals surface area contributed by atoms with Gasteiger partial charge in [0.15, 0.2) is 0 Å². The second kappa shape index (κ2) is 4.69. The molecule has 1 fully saturated rings. The van der Waals surface area contributed by atoms with Gasteiger partial charge in [-0.25, -0.2) is 9.97 Å². The van der Waals surface area contributed by atoms with Gasteiger partial charge in [-0.15, -0.1) is 0 Å².